The Morgan fingerprint density at radius 1 is 1.50 bits per heavy atom. The lowest BCUT2D eigenvalue weighted by molar-refractivity contribution is 0.112. The van der Waals surface area contributed by atoms with Crippen molar-refractivity contribution in [3.63, 3.8) is 0 Å². The monoisotopic (exact) mass is 263 g/mol. The molecule has 0 N–H and O–H groups in total. The first kappa shape index (κ1) is 10.0. The summed E-state index contributed by atoms with van der Waals surface area (Å²) in [6.07, 6.45) is 0.699. The number of hydrogen-bond donors (Lipinski definition) is 0. The Morgan fingerprint density at radius 2 is 2.36 bits per heavy atom. The summed E-state index contributed by atoms with van der Waals surface area (Å²) in [6.45, 7) is 0. The Bertz CT molecular complexity index is 441. The molecule has 0 amide bonds. The number of carbonyl (C=O) groups excluding carboxylic acids is 1. The highest BCUT2D eigenvalue weighted by Gasteiger charge is 2.10. The summed E-state index contributed by atoms with van der Waals surface area (Å²) in [4.78, 5) is 14.9. The summed E-state index contributed by atoms with van der Waals surface area (Å²) < 4.78 is 1.49. The Kier molecular flexibility index (Phi) is 3.12. The molecule has 2 heterocycles. The van der Waals surface area contributed by atoms with Gasteiger partial charge in [0.15, 0.2) is 20.1 Å². The van der Waals surface area contributed by atoms with E-state index in [2.05, 4.69) is 15.2 Å². The molecule has 0 aliphatic rings. The van der Waals surface area contributed by atoms with Gasteiger partial charge in [0.05, 0.1) is 0 Å². The van der Waals surface area contributed by atoms with E-state index >= 15 is 0 Å². The largest absolute Gasteiger partial charge is 0.297 e. The molecule has 2 rings (SSSR count). The van der Waals surface area contributed by atoms with Gasteiger partial charge in [0, 0.05) is 0 Å². The molecule has 0 saturated heterocycles. The summed E-state index contributed by atoms with van der Waals surface area (Å²) in [5, 5.41) is 7.78. The van der Waals surface area contributed by atoms with E-state index in [-0.39, 0.29) is 5.15 Å². The number of aldehydes is 1. The lowest BCUT2D eigenvalue weighted by atomic mass is 10.6. The average molecular weight is 264 g/mol. The number of rotatable bonds is 3. The normalized spacial score (nSPS) is 10.4. The third kappa shape index (κ3) is 2.11. The predicted molar refractivity (Wildman–Crippen MR) is 56.5 cm³/mol. The zero-order valence-corrected chi connectivity index (χ0v) is 9.71. The Hall–Kier alpha value is -0.500. The molecule has 14 heavy (non-hydrogen) atoms. The van der Waals surface area contributed by atoms with Crippen LogP contribution in [0.2, 0.25) is 5.15 Å². The van der Waals surface area contributed by atoms with Gasteiger partial charge in [-0.2, -0.15) is 0 Å². The van der Waals surface area contributed by atoms with E-state index in [0.29, 0.717) is 15.5 Å². The zero-order valence-electron chi connectivity index (χ0n) is 6.51. The van der Waals surface area contributed by atoms with Crippen LogP contribution in [0.3, 0.4) is 0 Å². The summed E-state index contributed by atoms with van der Waals surface area (Å²) >= 11 is 9.73. The third-order valence-electron chi connectivity index (χ3n) is 1.21. The highest BCUT2D eigenvalue weighted by molar-refractivity contribution is 8.02. The molecule has 0 aliphatic carbocycles. The molecule has 0 aromatic carbocycles. The maximum atomic E-state index is 10.5. The number of aromatic nitrogens is 3. The molecule has 0 saturated carbocycles. The van der Waals surface area contributed by atoms with Gasteiger partial charge in [-0.05, 0) is 11.8 Å². The number of nitrogens with zero attached hydrogens (tertiary/aromatic N) is 3. The Balaban J connectivity index is 2.21. The third-order valence-corrected chi connectivity index (χ3v) is 4.43. The molecule has 4 nitrogen and oxygen atoms in total. The van der Waals surface area contributed by atoms with E-state index in [1.165, 1.54) is 34.4 Å². The zero-order chi connectivity index (χ0) is 9.97. The average Bonchev–Trinajstić information content (AvgIpc) is 2.76. The van der Waals surface area contributed by atoms with Crippen LogP contribution in [-0.4, -0.2) is 21.5 Å². The van der Waals surface area contributed by atoms with Gasteiger partial charge in [-0.15, -0.1) is 21.5 Å². The van der Waals surface area contributed by atoms with E-state index in [0.717, 1.165) is 4.34 Å². The quantitative estimate of drug-likeness (QED) is 0.797. The van der Waals surface area contributed by atoms with Gasteiger partial charge >= 0.3 is 0 Å². The molecule has 0 aliphatic heterocycles. The van der Waals surface area contributed by atoms with E-state index in [1.807, 2.05) is 0 Å². The van der Waals surface area contributed by atoms with Crippen LogP contribution in [0.5, 0.6) is 0 Å². The fraction of sp³-hybridized carbons (Fsp3) is 0. The number of halogens is 1. The van der Waals surface area contributed by atoms with Gasteiger partial charge in [-0.1, -0.05) is 22.9 Å². The molecule has 2 aromatic heterocycles. The van der Waals surface area contributed by atoms with Crippen molar-refractivity contribution in [3.05, 3.63) is 15.5 Å². The first-order valence-electron chi connectivity index (χ1n) is 3.35. The number of hydrogen-bond acceptors (Lipinski definition) is 7. The Morgan fingerprint density at radius 3 is 2.93 bits per heavy atom. The molecular weight excluding hydrogens is 262 g/mol. The van der Waals surface area contributed by atoms with E-state index in [4.69, 9.17) is 11.6 Å². The molecule has 0 unspecified atom stereocenters. The van der Waals surface area contributed by atoms with Crippen LogP contribution < -0.4 is 0 Å². The highest BCUT2D eigenvalue weighted by Crippen LogP contribution is 2.34. The van der Waals surface area contributed by atoms with Crippen LogP contribution in [0.25, 0.3) is 0 Å². The van der Waals surface area contributed by atoms with Crippen molar-refractivity contribution in [2.45, 2.75) is 8.68 Å². The molecule has 0 fully saturated rings. The van der Waals surface area contributed by atoms with Gasteiger partial charge in [0.2, 0.25) is 0 Å². The van der Waals surface area contributed by atoms with E-state index in [9.17, 15) is 4.79 Å². The molecule has 0 bridgehead atoms. The standard InChI is InChI=1S/C6H2ClN3OS3/c7-4-3(1-11)13-5(9-4)14-6-10-8-2-12-6/h1-2H. The van der Waals surface area contributed by atoms with Crippen molar-refractivity contribution < 1.29 is 4.79 Å². The van der Waals surface area contributed by atoms with Crippen LogP contribution in [0.15, 0.2) is 14.2 Å². The van der Waals surface area contributed by atoms with Crippen LogP contribution >= 0.6 is 46.0 Å². The van der Waals surface area contributed by atoms with Crippen molar-refractivity contribution >= 4 is 52.3 Å². The van der Waals surface area contributed by atoms with E-state index < -0.39 is 0 Å². The molecule has 0 radical (unpaired) electrons. The second kappa shape index (κ2) is 4.35. The first-order chi connectivity index (χ1) is 6.79. The fourth-order valence-electron chi connectivity index (χ4n) is 0.693. The van der Waals surface area contributed by atoms with Crippen LogP contribution in [0, 0.1) is 0 Å². The highest BCUT2D eigenvalue weighted by atomic mass is 35.5. The summed E-state index contributed by atoms with van der Waals surface area (Å²) in [6, 6.07) is 0. The second-order valence-electron chi connectivity index (χ2n) is 2.06. The van der Waals surface area contributed by atoms with Gasteiger partial charge in [0.25, 0.3) is 0 Å². The summed E-state index contributed by atoms with van der Waals surface area (Å²) in [7, 11) is 0. The maximum Gasteiger partial charge on any atom is 0.181 e. The smallest absolute Gasteiger partial charge is 0.181 e. The van der Waals surface area contributed by atoms with Crippen molar-refractivity contribution in [1.82, 2.24) is 15.2 Å². The van der Waals surface area contributed by atoms with Crippen molar-refractivity contribution in [3.8, 4) is 0 Å². The van der Waals surface area contributed by atoms with Gasteiger partial charge in [0.1, 0.15) is 10.4 Å². The minimum absolute atomic E-state index is 0.247. The predicted octanol–water partition coefficient (Wildman–Crippen LogP) is 2.61. The molecular formula is C6H2ClN3OS3. The topological polar surface area (TPSA) is 55.7 Å². The lowest BCUT2D eigenvalue weighted by Gasteiger charge is -1.85. The number of thiazole rings is 1. The minimum atomic E-state index is 0.247. The molecule has 0 spiro atoms. The van der Waals surface area contributed by atoms with Crippen molar-refractivity contribution in [2.75, 3.05) is 0 Å². The van der Waals surface area contributed by atoms with Crippen molar-refractivity contribution in [2.24, 2.45) is 0 Å². The second-order valence-corrected chi connectivity index (χ2v) is 5.78. The van der Waals surface area contributed by atoms with E-state index in [1.54, 1.807) is 5.51 Å². The van der Waals surface area contributed by atoms with Crippen LogP contribution in [-0.2, 0) is 0 Å². The summed E-state index contributed by atoms with van der Waals surface area (Å²) in [5.74, 6) is 0. The van der Waals surface area contributed by atoms with Gasteiger partial charge in [-0.25, -0.2) is 4.98 Å². The molecule has 8 heteroatoms. The molecule has 2 aromatic rings. The first-order valence-corrected chi connectivity index (χ1v) is 6.24. The number of carbonyl (C=O) groups is 1. The molecule has 0 atom stereocenters. The maximum absolute atomic E-state index is 10.5. The van der Waals surface area contributed by atoms with Crippen molar-refractivity contribution in [1.29, 1.82) is 0 Å². The minimum Gasteiger partial charge on any atom is -0.297 e. The Labute approximate surface area is 96.3 Å². The molecule has 72 valence electrons. The van der Waals surface area contributed by atoms with Gasteiger partial charge < -0.3 is 0 Å². The SMILES string of the molecule is O=Cc1sc(Sc2nncs2)nc1Cl. The van der Waals surface area contributed by atoms with Crippen LogP contribution in [0.4, 0.5) is 0 Å². The summed E-state index contributed by atoms with van der Waals surface area (Å²) in [5.41, 5.74) is 1.64. The van der Waals surface area contributed by atoms with Gasteiger partial charge in [-0.3, -0.25) is 4.79 Å². The fourth-order valence-corrected chi connectivity index (χ4v) is 3.58. The lowest BCUT2D eigenvalue weighted by Crippen LogP contribution is -1.71. The van der Waals surface area contributed by atoms with Crippen LogP contribution in [0.1, 0.15) is 9.67 Å².